The van der Waals surface area contributed by atoms with Crippen molar-refractivity contribution in [1.82, 2.24) is 10.4 Å². The topological polar surface area (TPSA) is 108 Å². The van der Waals surface area contributed by atoms with Gasteiger partial charge in [0.25, 0.3) is 5.91 Å². The summed E-state index contributed by atoms with van der Waals surface area (Å²) in [5.74, 6) is -1.31. The summed E-state index contributed by atoms with van der Waals surface area (Å²) in [6.07, 6.45) is 5.09. The van der Waals surface area contributed by atoms with Crippen LogP contribution in [0.4, 0.5) is 0 Å². The van der Waals surface area contributed by atoms with Gasteiger partial charge in [0.2, 0.25) is 0 Å². The van der Waals surface area contributed by atoms with E-state index in [0.29, 0.717) is 41.0 Å². The molecule has 1 aliphatic rings. The molecule has 1 N–H and O–H groups in total. The van der Waals surface area contributed by atoms with Crippen molar-refractivity contribution in [2.24, 2.45) is 5.10 Å². The maximum atomic E-state index is 12.0. The maximum absolute atomic E-state index is 12.0. The Labute approximate surface area is 181 Å². The van der Waals surface area contributed by atoms with Crippen LogP contribution in [0.2, 0.25) is 0 Å². The van der Waals surface area contributed by atoms with Crippen LogP contribution in [-0.2, 0) is 6.42 Å². The molecule has 0 bridgehead atoms. The molecule has 0 unspecified atom stereocenters. The van der Waals surface area contributed by atoms with E-state index in [0.717, 1.165) is 6.42 Å². The summed E-state index contributed by atoms with van der Waals surface area (Å²) in [5.41, 5.74) is 4.69. The third-order valence-electron chi connectivity index (χ3n) is 3.75. The molecular weight excluding hydrogens is 337 g/mol. The number of furan rings is 1. The molecule has 24 heavy (non-hydrogen) atoms. The molecule has 7 nitrogen and oxygen atoms in total. The summed E-state index contributed by atoms with van der Waals surface area (Å²) in [4.78, 5) is 26.9. The van der Waals surface area contributed by atoms with E-state index in [1.54, 1.807) is 19.1 Å². The molecule has 2 aromatic heterocycles. The van der Waals surface area contributed by atoms with Gasteiger partial charge in [-0.15, -0.1) is 0 Å². The zero-order chi connectivity index (χ0) is 16.4. The number of carboxylic acids is 1. The number of aromatic nitrogens is 1. The SMILES string of the molecule is Cc1c(C(=O)[O-])oc2c1/C(=N/NC(=O)c1ccncc1)CCC2.[K+]. The Morgan fingerprint density at radius 2 is 2.00 bits per heavy atom. The zero-order valence-corrected chi connectivity index (χ0v) is 16.6. The number of aryl methyl sites for hydroxylation is 1. The number of amides is 1. The normalized spacial score (nSPS) is 14.6. The molecule has 1 aliphatic carbocycles. The molecule has 0 saturated heterocycles. The molecule has 0 spiro atoms. The fraction of sp³-hybridized carbons (Fsp3) is 0.250. The van der Waals surface area contributed by atoms with Crippen molar-refractivity contribution < 1.29 is 70.5 Å². The summed E-state index contributed by atoms with van der Waals surface area (Å²) in [7, 11) is 0. The zero-order valence-electron chi connectivity index (χ0n) is 13.5. The van der Waals surface area contributed by atoms with Gasteiger partial charge in [0.15, 0.2) is 5.76 Å². The molecule has 2 aromatic rings. The first-order chi connectivity index (χ1) is 11.1. The largest absolute Gasteiger partial charge is 1.00 e. The Kier molecular flexibility index (Phi) is 6.47. The van der Waals surface area contributed by atoms with E-state index in [2.05, 4.69) is 15.5 Å². The van der Waals surface area contributed by atoms with Gasteiger partial charge in [-0.25, -0.2) is 5.43 Å². The number of nitrogens with one attached hydrogen (secondary N) is 1. The van der Waals surface area contributed by atoms with Crippen LogP contribution in [0.1, 0.15) is 50.6 Å². The van der Waals surface area contributed by atoms with E-state index in [1.165, 1.54) is 12.4 Å². The number of pyridine rings is 1. The van der Waals surface area contributed by atoms with Crippen molar-refractivity contribution in [3.63, 3.8) is 0 Å². The smallest absolute Gasteiger partial charge is 0.542 e. The number of carbonyl (C=O) groups is 2. The average Bonchev–Trinajstić information content (AvgIpc) is 2.91. The van der Waals surface area contributed by atoms with Crippen molar-refractivity contribution in [1.29, 1.82) is 0 Å². The molecule has 118 valence electrons. The van der Waals surface area contributed by atoms with E-state index in [-0.39, 0.29) is 63.1 Å². The molecule has 0 saturated carbocycles. The van der Waals surface area contributed by atoms with Crippen LogP contribution in [0.3, 0.4) is 0 Å². The second kappa shape index (κ2) is 8.17. The van der Waals surface area contributed by atoms with E-state index in [9.17, 15) is 14.7 Å². The Morgan fingerprint density at radius 1 is 1.29 bits per heavy atom. The van der Waals surface area contributed by atoms with Crippen molar-refractivity contribution in [3.05, 3.63) is 52.7 Å². The Morgan fingerprint density at radius 3 is 2.67 bits per heavy atom. The van der Waals surface area contributed by atoms with Gasteiger partial charge in [0.1, 0.15) is 11.7 Å². The number of hydrazone groups is 1. The van der Waals surface area contributed by atoms with Crippen LogP contribution in [0.25, 0.3) is 0 Å². The first kappa shape index (κ1) is 19.0. The molecule has 1 amide bonds. The molecule has 0 atom stereocenters. The fourth-order valence-corrected chi connectivity index (χ4v) is 2.66. The van der Waals surface area contributed by atoms with E-state index in [1.807, 2.05) is 0 Å². The minimum atomic E-state index is -1.35. The van der Waals surface area contributed by atoms with Gasteiger partial charge < -0.3 is 14.3 Å². The average molecular weight is 351 g/mol. The second-order valence-electron chi connectivity index (χ2n) is 5.23. The summed E-state index contributed by atoms with van der Waals surface area (Å²) in [6, 6.07) is 3.16. The third kappa shape index (κ3) is 3.84. The fourth-order valence-electron chi connectivity index (χ4n) is 2.66. The number of rotatable bonds is 3. The van der Waals surface area contributed by atoms with Crippen molar-refractivity contribution >= 4 is 17.6 Å². The number of hydrogen-bond acceptors (Lipinski definition) is 6. The maximum Gasteiger partial charge on any atom is 1.00 e. The summed E-state index contributed by atoms with van der Waals surface area (Å²) in [5, 5.41) is 15.2. The van der Waals surface area contributed by atoms with Crippen LogP contribution in [0.5, 0.6) is 0 Å². The van der Waals surface area contributed by atoms with Gasteiger partial charge >= 0.3 is 51.4 Å². The summed E-state index contributed by atoms with van der Waals surface area (Å²) in [6.45, 7) is 1.65. The monoisotopic (exact) mass is 351 g/mol. The van der Waals surface area contributed by atoms with Gasteiger partial charge in [-0.05, 0) is 31.9 Å². The standard InChI is InChI=1S/C16H15N3O4.K/c1-9-13-11(3-2-4-12(13)23-14(9)16(21)22)18-19-15(20)10-5-7-17-8-6-10;/h5-8H,2-4H2,1H3,(H,19,20)(H,21,22);/q;+1/p-1/b18-11+;. The van der Waals surface area contributed by atoms with E-state index in [4.69, 9.17) is 4.42 Å². The number of aromatic carboxylic acids is 1. The predicted octanol–water partition coefficient (Wildman–Crippen LogP) is -2.18. The molecule has 0 fully saturated rings. The predicted molar refractivity (Wildman–Crippen MR) is 79.0 cm³/mol. The molecular formula is C16H14KN3O4. The number of carboxylic acid groups (broad SMARTS) is 1. The Balaban J connectivity index is 0.00000208. The van der Waals surface area contributed by atoms with Gasteiger partial charge in [0.05, 0.1) is 5.71 Å². The minimum Gasteiger partial charge on any atom is -0.542 e. The molecule has 2 heterocycles. The summed E-state index contributed by atoms with van der Waals surface area (Å²) >= 11 is 0. The van der Waals surface area contributed by atoms with Gasteiger partial charge in [-0.1, -0.05) is 0 Å². The summed E-state index contributed by atoms with van der Waals surface area (Å²) < 4.78 is 5.36. The van der Waals surface area contributed by atoms with Crippen molar-refractivity contribution in [2.75, 3.05) is 0 Å². The molecule has 0 radical (unpaired) electrons. The number of nitrogens with zero attached hydrogens (tertiary/aromatic N) is 2. The van der Waals surface area contributed by atoms with Crippen molar-refractivity contribution in [2.45, 2.75) is 26.2 Å². The number of carbonyl (C=O) groups excluding carboxylic acids is 2. The second-order valence-corrected chi connectivity index (χ2v) is 5.23. The van der Waals surface area contributed by atoms with Gasteiger partial charge in [-0.3, -0.25) is 9.78 Å². The van der Waals surface area contributed by atoms with Crippen LogP contribution in [0.15, 0.2) is 34.0 Å². The third-order valence-corrected chi connectivity index (χ3v) is 3.75. The molecule has 8 heteroatoms. The Bertz CT molecular complexity index is 799. The first-order valence-electron chi connectivity index (χ1n) is 7.19. The number of fused-ring (bicyclic) bond motifs is 1. The van der Waals surface area contributed by atoms with E-state index >= 15 is 0 Å². The van der Waals surface area contributed by atoms with Gasteiger partial charge in [-0.2, -0.15) is 5.10 Å². The van der Waals surface area contributed by atoms with Crippen LogP contribution < -0.4 is 61.9 Å². The number of hydrogen-bond donors (Lipinski definition) is 1. The molecule has 3 rings (SSSR count). The minimum absolute atomic E-state index is 0. The van der Waals surface area contributed by atoms with Crippen LogP contribution >= 0.6 is 0 Å². The molecule has 0 aliphatic heterocycles. The van der Waals surface area contributed by atoms with Crippen LogP contribution in [-0.4, -0.2) is 22.6 Å². The van der Waals surface area contributed by atoms with Crippen LogP contribution in [0, 0.1) is 6.92 Å². The quantitative estimate of drug-likeness (QED) is 0.500. The van der Waals surface area contributed by atoms with Gasteiger partial charge in [0, 0.05) is 35.5 Å². The molecule has 0 aromatic carbocycles. The Hall–Kier alpha value is -1.32. The van der Waals surface area contributed by atoms with E-state index < -0.39 is 5.97 Å². The van der Waals surface area contributed by atoms with Crippen molar-refractivity contribution in [3.8, 4) is 0 Å². The first-order valence-corrected chi connectivity index (χ1v) is 7.19.